The van der Waals surface area contributed by atoms with Crippen LogP contribution in [-0.4, -0.2) is 39.7 Å². The van der Waals surface area contributed by atoms with E-state index in [2.05, 4.69) is 46.0 Å². The molecule has 18 heavy (non-hydrogen) atoms. The van der Waals surface area contributed by atoms with Gasteiger partial charge in [0, 0.05) is 13.7 Å². The first-order valence-electron chi connectivity index (χ1n) is 5.93. The molecule has 98 valence electrons. The Morgan fingerprint density at radius 3 is 2.78 bits per heavy atom. The summed E-state index contributed by atoms with van der Waals surface area (Å²) in [6, 6.07) is 0. The average molecular weight is 249 g/mol. The van der Waals surface area contributed by atoms with Crippen molar-refractivity contribution in [3.05, 3.63) is 12.7 Å². The molecule has 6 heteroatoms. The van der Waals surface area contributed by atoms with Gasteiger partial charge in [0.1, 0.15) is 11.8 Å². The predicted molar refractivity (Wildman–Crippen MR) is 70.4 cm³/mol. The van der Waals surface area contributed by atoms with Gasteiger partial charge in [-0.2, -0.15) is 0 Å². The number of anilines is 1. The molecule has 2 N–H and O–H groups in total. The van der Waals surface area contributed by atoms with Crippen LogP contribution in [0.4, 0.5) is 5.82 Å². The number of H-pyrrole nitrogens is 1. The van der Waals surface area contributed by atoms with E-state index in [1.807, 2.05) is 0 Å². The molecule has 2 heterocycles. The molecule has 0 aromatic carbocycles. The Balaban J connectivity index is 2.12. The van der Waals surface area contributed by atoms with Crippen LogP contribution in [0.2, 0.25) is 0 Å². The maximum atomic E-state index is 5.50. The van der Waals surface area contributed by atoms with Crippen molar-refractivity contribution in [2.24, 2.45) is 5.41 Å². The summed E-state index contributed by atoms with van der Waals surface area (Å²) in [6.45, 7) is 7.13. The number of aromatic nitrogens is 4. The minimum atomic E-state index is 0.0713. The van der Waals surface area contributed by atoms with Crippen molar-refractivity contribution in [3.63, 3.8) is 0 Å². The first-order chi connectivity index (χ1) is 8.52. The van der Waals surface area contributed by atoms with Crippen LogP contribution >= 0.6 is 0 Å². The van der Waals surface area contributed by atoms with Crippen molar-refractivity contribution in [2.75, 3.05) is 19.0 Å². The van der Waals surface area contributed by atoms with Crippen LogP contribution in [0, 0.1) is 5.41 Å². The number of fused-ring (bicyclic) bond motifs is 1. The fraction of sp³-hybridized carbons (Fsp3) is 0.583. The molecule has 0 aliphatic rings. The highest BCUT2D eigenvalue weighted by molar-refractivity contribution is 5.81. The Labute approximate surface area is 106 Å². The summed E-state index contributed by atoms with van der Waals surface area (Å²) in [6.07, 6.45) is 3.22. The standard InChI is InChI=1S/C12H19N5O/c1-12(2,3)8(18-4)5-13-10-9-11(15-6-14-9)17-7-16-10/h6-8H,5H2,1-4H3,(H2,13,14,15,16,17). The molecule has 0 aliphatic carbocycles. The van der Waals surface area contributed by atoms with E-state index in [4.69, 9.17) is 4.74 Å². The smallest absolute Gasteiger partial charge is 0.182 e. The van der Waals surface area contributed by atoms with E-state index in [0.717, 1.165) is 11.3 Å². The van der Waals surface area contributed by atoms with Gasteiger partial charge in [0.15, 0.2) is 11.5 Å². The molecule has 1 unspecified atom stereocenters. The second-order valence-electron chi connectivity index (χ2n) is 5.29. The molecule has 0 radical (unpaired) electrons. The Kier molecular flexibility index (Phi) is 3.47. The number of nitrogens with zero attached hydrogens (tertiary/aromatic N) is 3. The molecule has 0 spiro atoms. The van der Waals surface area contributed by atoms with Gasteiger partial charge in [0.25, 0.3) is 0 Å². The summed E-state index contributed by atoms with van der Waals surface area (Å²) in [7, 11) is 1.73. The molecule has 0 fully saturated rings. The lowest BCUT2D eigenvalue weighted by Gasteiger charge is -2.29. The monoisotopic (exact) mass is 249 g/mol. The maximum absolute atomic E-state index is 5.50. The molecule has 0 saturated carbocycles. The largest absolute Gasteiger partial charge is 0.379 e. The number of methoxy groups -OCH3 is 1. The number of ether oxygens (including phenoxy) is 1. The SMILES string of the molecule is COC(CNc1ncnc2nc[nH]c12)C(C)(C)C. The van der Waals surface area contributed by atoms with Crippen molar-refractivity contribution >= 4 is 17.0 Å². The van der Waals surface area contributed by atoms with Crippen LogP contribution in [0.1, 0.15) is 20.8 Å². The normalized spacial score (nSPS) is 13.8. The maximum Gasteiger partial charge on any atom is 0.182 e. The Morgan fingerprint density at radius 1 is 1.33 bits per heavy atom. The second-order valence-corrected chi connectivity index (χ2v) is 5.29. The molecule has 6 nitrogen and oxygen atoms in total. The third kappa shape index (κ3) is 2.59. The molecule has 0 amide bonds. The zero-order valence-electron chi connectivity index (χ0n) is 11.2. The number of hydrogen-bond donors (Lipinski definition) is 2. The molecule has 0 saturated heterocycles. The molecular weight excluding hydrogens is 230 g/mol. The van der Waals surface area contributed by atoms with Gasteiger partial charge < -0.3 is 15.0 Å². The van der Waals surface area contributed by atoms with E-state index in [1.54, 1.807) is 13.4 Å². The van der Waals surface area contributed by atoms with Gasteiger partial charge in [-0.3, -0.25) is 0 Å². The lowest BCUT2D eigenvalue weighted by atomic mass is 9.89. The van der Waals surface area contributed by atoms with Crippen molar-refractivity contribution < 1.29 is 4.74 Å². The predicted octanol–water partition coefficient (Wildman–Crippen LogP) is 1.83. The molecule has 0 aliphatic heterocycles. The van der Waals surface area contributed by atoms with Gasteiger partial charge in [-0.25, -0.2) is 15.0 Å². The Hall–Kier alpha value is -1.69. The zero-order chi connectivity index (χ0) is 13.2. The van der Waals surface area contributed by atoms with E-state index in [0.29, 0.717) is 12.2 Å². The zero-order valence-corrected chi connectivity index (χ0v) is 11.2. The van der Waals surface area contributed by atoms with Crippen LogP contribution in [0.25, 0.3) is 11.2 Å². The highest BCUT2D eigenvalue weighted by atomic mass is 16.5. The van der Waals surface area contributed by atoms with E-state index in [1.165, 1.54) is 6.33 Å². The molecular formula is C12H19N5O. The van der Waals surface area contributed by atoms with E-state index < -0.39 is 0 Å². The van der Waals surface area contributed by atoms with Gasteiger partial charge in [-0.05, 0) is 5.41 Å². The fourth-order valence-corrected chi connectivity index (χ4v) is 1.83. The first-order valence-corrected chi connectivity index (χ1v) is 5.93. The van der Waals surface area contributed by atoms with Gasteiger partial charge in [-0.15, -0.1) is 0 Å². The number of imidazole rings is 1. The minimum Gasteiger partial charge on any atom is -0.379 e. The first kappa shape index (κ1) is 12.8. The van der Waals surface area contributed by atoms with E-state index in [9.17, 15) is 0 Å². The van der Waals surface area contributed by atoms with Crippen molar-refractivity contribution in [2.45, 2.75) is 26.9 Å². The second kappa shape index (κ2) is 4.89. The molecule has 1 atom stereocenters. The minimum absolute atomic E-state index is 0.0713. The summed E-state index contributed by atoms with van der Waals surface area (Å²) < 4.78 is 5.50. The summed E-state index contributed by atoms with van der Waals surface area (Å²) in [5.41, 5.74) is 1.56. The average Bonchev–Trinajstić information content (AvgIpc) is 2.76. The van der Waals surface area contributed by atoms with Crippen molar-refractivity contribution in [3.8, 4) is 0 Å². The summed E-state index contributed by atoms with van der Waals surface area (Å²) in [4.78, 5) is 15.4. The van der Waals surface area contributed by atoms with E-state index in [-0.39, 0.29) is 11.5 Å². The number of nitrogens with one attached hydrogen (secondary N) is 2. The van der Waals surface area contributed by atoms with Crippen LogP contribution in [0.15, 0.2) is 12.7 Å². The van der Waals surface area contributed by atoms with Crippen LogP contribution in [-0.2, 0) is 4.74 Å². The van der Waals surface area contributed by atoms with Crippen LogP contribution in [0.3, 0.4) is 0 Å². The van der Waals surface area contributed by atoms with Crippen molar-refractivity contribution in [1.29, 1.82) is 0 Å². The fourth-order valence-electron chi connectivity index (χ4n) is 1.83. The molecule has 2 aromatic heterocycles. The topological polar surface area (TPSA) is 75.7 Å². The number of rotatable bonds is 4. The quantitative estimate of drug-likeness (QED) is 0.864. The van der Waals surface area contributed by atoms with Crippen molar-refractivity contribution in [1.82, 2.24) is 19.9 Å². The highest BCUT2D eigenvalue weighted by Crippen LogP contribution is 2.23. The molecule has 2 rings (SSSR count). The van der Waals surface area contributed by atoms with E-state index >= 15 is 0 Å². The Bertz CT molecular complexity index is 516. The van der Waals surface area contributed by atoms with Gasteiger partial charge in [-0.1, -0.05) is 20.8 Å². The summed E-state index contributed by atoms with van der Waals surface area (Å²) in [5, 5.41) is 3.28. The number of aromatic amines is 1. The third-order valence-corrected chi connectivity index (χ3v) is 2.93. The lowest BCUT2D eigenvalue weighted by molar-refractivity contribution is 0.0268. The summed E-state index contributed by atoms with van der Waals surface area (Å²) in [5.74, 6) is 0.754. The number of hydrogen-bond acceptors (Lipinski definition) is 5. The highest BCUT2D eigenvalue weighted by Gasteiger charge is 2.24. The summed E-state index contributed by atoms with van der Waals surface area (Å²) >= 11 is 0. The third-order valence-electron chi connectivity index (χ3n) is 2.93. The van der Waals surface area contributed by atoms with Gasteiger partial charge >= 0.3 is 0 Å². The van der Waals surface area contributed by atoms with Crippen LogP contribution < -0.4 is 5.32 Å². The van der Waals surface area contributed by atoms with Gasteiger partial charge in [0.05, 0.1) is 12.4 Å². The molecule has 2 aromatic rings. The lowest BCUT2D eigenvalue weighted by Crippen LogP contribution is -2.35. The Morgan fingerprint density at radius 2 is 2.11 bits per heavy atom. The van der Waals surface area contributed by atoms with Crippen LogP contribution in [0.5, 0.6) is 0 Å². The molecule has 0 bridgehead atoms. The van der Waals surface area contributed by atoms with Gasteiger partial charge in [0.2, 0.25) is 0 Å².